The number of hydrogen-bond acceptors (Lipinski definition) is 3. The van der Waals surface area contributed by atoms with Gasteiger partial charge in [0, 0.05) is 23.5 Å². The van der Waals surface area contributed by atoms with Crippen molar-refractivity contribution in [1.82, 2.24) is 9.88 Å². The van der Waals surface area contributed by atoms with Gasteiger partial charge in [-0.2, -0.15) is 0 Å². The van der Waals surface area contributed by atoms with Crippen LogP contribution in [0, 0.1) is 0 Å². The zero-order valence-corrected chi connectivity index (χ0v) is 11.2. The van der Waals surface area contributed by atoms with Gasteiger partial charge in [-0.25, -0.2) is 0 Å². The van der Waals surface area contributed by atoms with Gasteiger partial charge in [0.05, 0.1) is 5.39 Å². The zero-order valence-electron chi connectivity index (χ0n) is 10.4. The molecule has 1 atom stereocenters. The molecule has 4 heteroatoms. The van der Waals surface area contributed by atoms with Crippen LogP contribution in [0.1, 0.15) is 25.7 Å². The molecule has 3 nitrogen and oxygen atoms in total. The van der Waals surface area contributed by atoms with E-state index < -0.39 is 0 Å². The fourth-order valence-corrected chi connectivity index (χ4v) is 3.42. The zero-order chi connectivity index (χ0) is 12.4. The van der Waals surface area contributed by atoms with E-state index >= 15 is 0 Å². The van der Waals surface area contributed by atoms with Gasteiger partial charge in [0.25, 0.3) is 5.56 Å². The summed E-state index contributed by atoms with van der Waals surface area (Å²) in [7, 11) is 0. The number of thiophene rings is 1. The predicted molar refractivity (Wildman–Crippen MR) is 76.3 cm³/mol. The number of hydrogen-bond donors (Lipinski definition) is 1. The highest BCUT2D eigenvalue weighted by molar-refractivity contribution is 7.17. The minimum Gasteiger partial charge on any atom is -0.315 e. The Kier molecular flexibility index (Phi) is 3.48. The van der Waals surface area contributed by atoms with Gasteiger partial charge in [-0.05, 0) is 43.3 Å². The fourth-order valence-electron chi connectivity index (χ4n) is 2.65. The first-order valence-electron chi connectivity index (χ1n) is 6.64. The molecule has 0 spiro atoms. The molecule has 2 aromatic rings. The Hall–Kier alpha value is -1.13. The molecule has 0 bridgehead atoms. The maximum absolute atomic E-state index is 12.2. The molecule has 1 aliphatic heterocycles. The Morgan fingerprint density at radius 1 is 1.39 bits per heavy atom. The molecular formula is C14H18N2OS. The second-order valence-electron chi connectivity index (χ2n) is 4.95. The van der Waals surface area contributed by atoms with E-state index in [1.54, 1.807) is 11.3 Å². The maximum Gasteiger partial charge on any atom is 0.259 e. The molecule has 96 valence electrons. The van der Waals surface area contributed by atoms with E-state index in [9.17, 15) is 4.79 Å². The number of aromatic nitrogens is 1. The van der Waals surface area contributed by atoms with Crippen LogP contribution < -0.4 is 10.9 Å². The average Bonchev–Trinajstić information content (AvgIpc) is 2.88. The van der Waals surface area contributed by atoms with Gasteiger partial charge in [0.15, 0.2) is 0 Å². The molecule has 0 aliphatic carbocycles. The number of piperidine rings is 1. The Morgan fingerprint density at radius 2 is 2.33 bits per heavy atom. The highest BCUT2D eigenvalue weighted by Crippen LogP contribution is 2.17. The van der Waals surface area contributed by atoms with Crippen LogP contribution in [0.25, 0.3) is 10.1 Å². The van der Waals surface area contributed by atoms with Crippen LogP contribution in [0.15, 0.2) is 28.5 Å². The number of aryl methyl sites for hydroxylation is 1. The van der Waals surface area contributed by atoms with Crippen LogP contribution in [-0.2, 0) is 6.54 Å². The summed E-state index contributed by atoms with van der Waals surface area (Å²) in [6, 6.07) is 4.57. The van der Waals surface area contributed by atoms with E-state index in [0.29, 0.717) is 6.04 Å². The lowest BCUT2D eigenvalue weighted by Crippen LogP contribution is -2.35. The number of nitrogens with zero attached hydrogens (tertiary/aromatic N) is 1. The summed E-state index contributed by atoms with van der Waals surface area (Å²) in [6.07, 6.45) is 6.84. The van der Waals surface area contributed by atoms with E-state index in [-0.39, 0.29) is 5.56 Å². The van der Waals surface area contributed by atoms with Crippen LogP contribution in [0.5, 0.6) is 0 Å². The first-order chi connectivity index (χ1) is 8.84. The molecule has 1 saturated heterocycles. The highest BCUT2D eigenvalue weighted by atomic mass is 32.1. The summed E-state index contributed by atoms with van der Waals surface area (Å²) in [5.41, 5.74) is 0.157. The smallest absolute Gasteiger partial charge is 0.259 e. The minimum atomic E-state index is 0.157. The van der Waals surface area contributed by atoms with Gasteiger partial charge in [0.2, 0.25) is 0 Å². The molecule has 0 amide bonds. The van der Waals surface area contributed by atoms with Crippen LogP contribution in [-0.4, -0.2) is 17.2 Å². The Labute approximate surface area is 110 Å². The molecule has 1 fully saturated rings. The molecule has 1 N–H and O–H groups in total. The number of pyridine rings is 1. The van der Waals surface area contributed by atoms with Crippen molar-refractivity contribution in [3.05, 3.63) is 34.1 Å². The molecule has 18 heavy (non-hydrogen) atoms. The lowest BCUT2D eigenvalue weighted by Gasteiger charge is -2.23. The van der Waals surface area contributed by atoms with Crippen molar-refractivity contribution >= 4 is 21.4 Å². The molecule has 0 saturated carbocycles. The Morgan fingerprint density at radius 3 is 3.17 bits per heavy atom. The SMILES string of the molecule is O=c1c2ccsc2ccn1CCC1CCCCN1. The van der Waals surface area contributed by atoms with E-state index in [4.69, 9.17) is 0 Å². The molecular weight excluding hydrogens is 244 g/mol. The van der Waals surface area contributed by atoms with Crippen LogP contribution >= 0.6 is 11.3 Å². The normalized spacial score (nSPS) is 20.3. The lowest BCUT2D eigenvalue weighted by molar-refractivity contribution is 0.365. The molecule has 3 rings (SSSR count). The Balaban J connectivity index is 1.74. The quantitative estimate of drug-likeness (QED) is 0.922. The van der Waals surface area contributed by atoms with Crippen LogP contribution in [0.4, 0.5) is 0 Å². The molecule has 3 heterocycles. The first-order valence-corrected chi connectivity index (χ1v) is 7.52. The molecule has 0 radical (unpaired) electrons. The summed E-state index contributed by atoms with van der Waals surface area (Å²) in [6.45, 7) is 1.95. The monoisotopic (exact) mass is 262 g/mol. The number of fused-ring (bicyclic) bond motifs is 1. The third kappa shape index (κ3) is 2.35. The van der Waals surface area contributed by atoms with E-state index in [1.807, 2.05) is 22.2 Å². The van der Waals surface area contributed by atoms with Crippen LogP contribution in [0.3, 0.4) is 0 Å². The van der Waals surface area contributed by atoms with Crippen molar-refractivity contribution < 1.29 is 0 Å². The molecule has 2 aromatic heterocycles. The largest absolute Gasteiger partial charge is 0.315 e. The summed E-state index contributed by atoms with van der Waals surface area (Å²) < 4.78 is 2.94. The van der Waals surface area contributed by atoms with Crippen molar-refractivity contribution in [1.29, 1.82) is 0 Å². The first kappa shape index (κ1) is 11.9. The lowest BCUT2D eigenvalue weighted by atomic mass is 10.0. The molecule has 0 aromatic carbocycles. The maximum atomic E-state index is 12.2. The average molecular weight is 262 g/mol. The third-order valence-corrected chi connectivity index (χ3v) is 4.61. The van der Waals surface area contributed by atoms with Crippen molar-refractivity contribution in [3.8, 4) is 0 Å². The van der Waals surface area contributed by atoms with E-state index in [1.165, 1.54) is 19.3 Å². The molecule has 1 unspecified atom stereocenters. The standard InChI is InChI=1S/C14H18N2OS/c17-14-12-6-10-18-13(12)5-9-16(14)8-4-11-3-1-2-7-15-11/h5-6,9-11,15H,1-4,7-8H2. The van der Waals surface area contributed by atoms with Gasteiger partial charge in [-0.15, -0.1) is 11.3 Å². The number of rotatable bonds is 3. The highest BCUT2D eigenvalue weighted by Gasteiger charge is 2.12. The summed E-state index contributed by atoms with van der Waals surface area (Å²) in [5.74, 6) is 0. The van der Waals surface area contributed by atoms with Gasteiger partial charge < -0.3 is 9.88 Å². The van der Waals surface area contributed by atoms with Gasteiger partial charge in [0.1, 0.15) is 0 Å². The van der Waals surface area contributed by atoms with E-state index in [0.717, 1.165) is 29.6 Å². The van der Waals surface area contributed by atoms with Crippen molar-refractivity contribution in [2.75, 3.05) is 6.54 Å². The van der Waals surface area contributed by atoms with E-state index in [2.05, 4.69) is 11.4 Å². The van der Waals surface area contributed by atoms with Gasteiger partial charge in [-0.1, -0.05) is 6.42 Å². The van der Waals surface area contributed by atoms with Crippen molar-refractivity contribution in [2.24, 2.45) is 0 Å². The second kappa shape index (κ2) is 5.24. The van der Waals surface area contributed by atoms with Crippen molar-refractivity contribution in [3.63, 3.8) is 0 Å². The van der Waals surface area contributed by atoms with Crippen LogP contribution in [0.2, 0.25) is 0 Å². The number of nitrogens with one attached hydrogen (secondary N) is 1. The fraction of sp³-hybridized carbons (Fsp3) is 0.500. The third-order valence-electron chi connectivity index (χ3n) is 3.72. The molecule has 1 aliphatic rings. The Bertz CT molecular complexity index is 581. The topological polar surface area (TPSA) is 34.0 Å². The van der Waals surface area contributed by atoms with Gasteiger partial charge >= 0.3 is 0 Å². The predicted octanol–water partition coefficient (Wildman–Crippen LogP) is 2.60. The second-order valence-corrected chi connectivity index (χ2v) is 5.90. The summed E-state index contributed by atoms with van der Waals surface area (Å²) >= 11 is 1.63. The van der Waals surface area contributed by atoms with Gasteiger partial charge in [-0.3, -0.25) is 4.79 Å². The minimum absolute atomic E-state index is 0.157. The summed E-state index contributed by atoms with van der Waals surface area (Å²) in [4.78, 5) is 12.2. The summed E-state index contributed by atoms with van der Waals surface area (Å²) in [5, 5.41) is 6.37. The van der Waals surface area contributed by atoms with Crippen molar-refractivity contribution in [2.45, 2.75) is 38.3 Å².